The summed E-state index contributed by atoms with van der Waals surface area (Å²) in [5, 5.41) is 6.62. The number of rotatable bonds is 8. The van der Waals surface area contributed by atoms with Crippen LogP contribution in [-0.2, 0) is 9.47 Å². The number of hydrogen-bond donors (Lipinski definition) is 2. The predicted molar refractivity (Wildman–Crippen MR) is 78.7 cm³/mol. The van der Waals surface area contributed by atoms with Crippen LogP contribution in [0.1, 0.15) is 39.5 Å². The van der Waals surface area contributed by atoms with E-state index in [0.717, 1.165) is 51.6 Å². The van der Waals surface area contributed by atoms with E-state index in [4.69, 9.17) is 9.47 Å². The molecule has 0 aromatic carbocycles. The van der Waals surface area contributed by atoms with Crippen LogP contribution in [-0.4, -0.2) is 51.5 Å². The maximum Gasteiger partial charge on any atom is 0.191 e. The molecule has 112 valence electrons. The van der Waals surface area contributed by atoms with Crippen molar-refractivity contribution in [1.82, 2.24) is 10.6 Å². The second-order valence-electron chi connectivity index (χ2n) is 5.02. The van der Waals surface area contributed by atoms with Crippen molar-refractivity contribution in [3.05, 3.63) is 0 Å². The zero-order valence-corrected chi connectivity index (χ0v) is 12.6. The van der Waals surface area contributed by atoms with Crippen molar-refractivity contribution in [3.8, 4) is 0 Å². The van der Waals surface area contributed by atoms with E-state index in [1.165, 1.54) is 6.42 Å². The standard InChI is InChI=1S/C14H29N3O2/c1-4-12(2)17-14(15-3)16-8-6-9-18-11-13-7-5-10-19-13/h12-13H,4-11H2,1-3H3,(H2,15,16,17). The third kappa shape index (κ3) is 7.38. The Morgan fingerprint density at radius 2 is 2.37 bits per heavy atom. The van der Waals surface area contributed by atoms with E-state index in [9.17, 15) is 0 Å². The minimum atomic E-state index is 0.327. The van der Waals surface area contributed by atoms with Gasteiger partial charge in [0.25, 0.3) is 0 Å². The van der Waals surface area contributed by atoms with Gasteiger partial charge in [-0.25, -0.2) is 0 Å². The summed E-state index contributed by atoms with van der Waals surface area (Å²) in [6.07, 6.45) is 4.71. The van der Waals surface area contributed by atoms with Gasteiger partial charge in [0, 0.05) is 32.8 Å². The van der Waals surface area contributed by atoms with E-state index in [-0.39, 0.29) is 0 Å². The van der Waals surface area contributed by atoms with Crippen LogP contribution in [0.2, 0.25) is 0 Å². The van der Waals surface area contributed by atoms with Gasteiger partial charge in [0.05, 0.1) is 12.7 Å². The van der Waals surface area contributed by atoms with Crippen molar-refractivity contribution in [2.45, 2.75) is 51.7 Å². The van der Waals surface area contributed by atoms with Crippen molar-refractivity contribution in [2.24, 2.45) is 4.99 Å². The molecule has 0 bridgehead atoms. The third-order valence-electron chi connectivity index (χ3n) is 3.30. The fourth-order valence-corrected chi connectivity index (χ4v) is 1.90. The maximum absolute atomic E-state index is 5.61. The van der Waals surface area contributed by atoms with Crippen molar-refractivity contribution in [3.63, 3.8) is 0 Å². The van der Waals surface area contributed by atoms with Gasteiger partial charge in [-0.2, -0.15) is 0 Å². The zero-order valence-electron chi connectivity index (χ0n) is 12.6. The van der Waals surface area contributed by atoms with E-state index in [1.54, 1.807) is 7.05 Å². The number of hydrogen-bond acceptors (Lipinski definition) is 3. The SMILES string of the molecule is CCC(C)NC(=NC)NCCCOCC1CCCO1. The van der Waals surface area contributed by atoms with Gasteiger partial charge in [0.1, 0.15) is 0 Å². The van der Waals surface area contributed by atoms with Crippen LogP contribution in [0.3, 0.4) is 0 Å². The molecule has 19 heavy (non-hydrogen) atoms. The average molecular weight is 271 g/mol. The normalized spacial score (nSPS) is 21.4. The Labute approximate surface area is 117 Å². The predicted octanol–water partition coefficient (Wildman–Crippen LogP) is 1.54. The molecule has 0 aromatic heterocycles. The maximum atomic E-state index is 5.61. The van der Waals surface area contributed by atoms with Crippen LogP contribution in [0, 0.1) is 0 Å². The number of nitrogens with zero attached hydrogens (tertiary/aromatic N) is 1. The second kappa shape index (κ2) is 10.0. The topological polar surface area (TPSA) is 54.9 Å². The number of guanidine groups is 1. The molecule has 1 aliphatic heterocycles. The molecular weight excluding hydrogens is 242 g/mol. The van der Waals surface area contributed by atoms with Gasteiger partial charge in [-0.15, -0.1) is 0 Å². The minimum absolute atomic E-state index is 0.327. The van der Waals surface area contributed by atoms with Crippen LogP contribution in [0.25, 0.3) is 0 Å². The molecule has 0 radical (unpaired) electrons. The molecular formula is C14H29N3O2. The summed E-state index contributed by atoms with van der Waals surface area (Å²) >= 11 is 0. The Hall–Kier alpha value is -0.810. The van der Waals surface area contributed by atoms with Gasteiger partial charge in [-0.05, 0) is 32.6 Å². The first-order valence-electron chi connectivity index (χ1n) is 7.42. The molecule has 5 nitrogen and oxygen atoms in total. The molecule has 1 aliphatic rings. The highest BCUT2D eigenvalue weighted by Gasteiger charge is 2.14. The molecule has 2 unspecified atom stereocenters. The van der Waals surface area contributed by atoms with Crippen molar-refractivity contribution in [2.75, 3.05) is 33.4 Å². The van der Waals surface area contributed by atoms with E-state index >= 15 is 0 Å². The molecule has 0 amide bonds. The zero-order chi connectivity index (χ0) is 13.9. The smallest absolute Gasteiger partial charge is 0.191 e. The second-order valence-corrected chi connectivity index (χ2v) is 5.02. The Kier molecular flexibility index (Phi) is 8.58. The van der Waals surface area contributed by atoms with Gasteiger partial charge in [-0.1, -0.05) is 6.92 Å². The Morgan fingerprint density at radius 1 is 1.53 bits per heavy atom. The van der Waals surface area contributed by atoms with Crippen molar-refractivity contribution < 1.29 is 9.47 Å². The van der Waals surface area contributed by atoms with Gasteiger partial charge in [0.15, 0.2) is 5.96 Å². The number of aliphatic imine (C=N–C) groups is 1. The Bertz CT molecular complexity index is 253. The summed E-state index contributed by atoms with van der Waals surface area (Å²) in [5.74, 6) is 0.869. The lowest BCUT2D eigenvalue weighted by atomic mass is 10.2. The first-order chi connectivity index (χ1) is 9.26. The largest absolute Gasteiger partial charge is 0.379 e. The highest BCUT2D eigenvalue weighted by Crippen LogP contribution is 2.11. The Balaban J connectivity index is 1.96. The molecule has 5 heteroatoms. The summed E-state index contributed by atoms with van der Waals surface area (Å²) in [6.45, 7) is 7.59. The van der Waals surface area contributed by atoms with Gasteiger partial charge < -0.3 is 20.1 Å². The van der Waals surface area contributed by atoms with Gasteiger partial charge >= 0.3 is 0 Å². The highest BCUT2D eigenvalue weighted by molar-refractivity contribution is 5.79. The molecule has 1 rings (SSSR count). The van der Waals surface area contributed by atoms with E-state index in [2.05, 4.69) is 29.5 Å². The molecule has 1 saturated heterocycles. The van der Waals surface area contributed by atoms with Gasteiger partial charge in [-0.3, -0.25) is 4.99 Å². The lowest BCUT2D eigenvalue weighted by Crippen LogP contribution is -2.42. The molecule has 1 heterocycles. The lowest BCUT2D eigenvalue weighted by molar-refractivity contribution is 0.0168. The molecule has 2 N–H and O–H groups in total. The number of nitrogens with one attached hydrogen (secondary N) is 2. The molecule has 1 fully saturated rings. The minimum Gasteiger partial charge on any atom is -0.379 e. The summed E-state index contributed by atoms with van der Waals surface area (Å²) in [5.41, 5.74) is 0. The summed E-state index contributed by atoms with van der Waals surface area (Å²) in [4.78, 5) is 4.19. The van der Waals surface area contributed by atoms with Gasteiger partial charge in [0.2, 0.25) is 0 Å². The van der Waals surface area contributed by atoms with Crippen LogP contribution in [0.4, 0.5) is 0 Å². The third-order valence-corrected chi connectivity index (χ3v) is 3.30. The van der Waals surface area contributed by atoms with Crippen LogP contribution in [0.5, 0.6) is 0 Å². The van der Waals surface area contributed by atoms with Crippen LogP contribution < -0.4 is 10.6 Å². The summed E-state index contributed by atoms with van der Waals surface area (Å²) < 4.78 is 11.1. The molecule has 0 aromatic rings. The Morgan fingerprint density at radius 3 is 3.00 bits per heavy atom. The quantitative estimate of drug-likeness (QED) is 0.399. The van der Waals surface area contributed by atoms with Crippen LogP contribution in [0.15, 0.2) is 4.99 Å². The first-order valence-corrected chi connectivity index (χ1v) is 7.42. The van der Waals surface area contributed by atoms with E-state index in [1.807, 2.05) is 0 Å². The fourth-order valence-electron chi connectivity index (χ4n) is 1.90. The lowest BCUT2D eigenvalue weighted by Gasteiger charge is -2.16. The van der Waals surface area contributed by atoms with Crippen molar-refractivity contribution >= 4 is 5.96 Å². The summed E-state index contributed by atoms with van der Waals surface area (Å²) in [6, 6.07) is 0.446. The average Bonchev–Trinajstić information content (AvgIpc) is 2.94. The molecule has 2 atom stereocenters. The molecule has 0 saturated carbocycles. The van der Waals surface area contributed by atoms with Crippen LogP contribution >= 0.6 is 0 Å². The number of ether oxygens (including phenoxy) is 2. The monoisotopic (exact) mass is 271 g/mol. The van der Waals surface area contributed by atoms with Crippen molar-refractivity contribution in [1.29, 1.82) is 0 Å². The van der Waals surface area contributed by atoms with E-state index < -0.39 is 0 Å². The molecule has 0 aliphatic carbocycles. The highest BCUT2D eigenvalue weighted by atomic mass is 16.5. The summed E-state index contributed by atoms with van der Waals surface area (Å²) in [7, 11) is 1.80. The fraction of sp³-hybridized carbons (Fsp3) is 0.929. The molecule has 0 spiro atoms. The first kappa shape index (κ1) is 16.2. The van der Waals surface area contributed by atoms with E-state index in [0.29, 0.717) is 12.1 Å².